The molecule has 3 N–H and O–H groups in total. The predicted octanol–water partition coefficient (Wildman–Crippen LogP) is 1.33. The number of hydrogen-bond donors (Lipinski definition) is 3. The van der Waals surface area contributed by atoms with E-state index in [-0.39, 0.29) is 10.8 Å². The van der Waals surface area contributed by atoms with Gasteiger partial charge in [0.1, 0.15) is 0 Å². The molecule has 78 valence electrons. The van der Waals surface area contributed by atoms with Crippen LogP contribution in [0.15, 0.2) is 18.2 Å². The van der Waals surface area contributed by atoms with Gasteiger partial charge in [-0.05, 0) is 29.3 Å². The van der Waals surface area contributed by atoms with E-state index in [4.69, 9.17) is 16.7 Å². The summed E-state index contributed by atoms with van der Waals surface area (Å²) in [5.41, 5.74) is 1.51. The van der Waals surface area contributed by atoms with Gasteiger partial charge in [-0.1, -0.05) is 6.07 Å². The molecule has 0 saturated carbocycles. The van der Waals surface area contributed by atoms with Gasteiger partial charge in [0, 0.05) is 0 Å². The summed E-state index contributed by atoms with van der Waals surface area (Å²) >= 11 is 5.63. The average molecular weight is 227 g/mol. The first kappa shape index (κ1) is 9.95. The van der Waals surface area contributed by atoms with E-state index >= 15 is 0 Å². The zero-order valence-corrected chi connectivity index (χ0v) is 8.19. The molecule has 15 heavy (non-hydrogen) atoms. The van der Waals surface area contributed by atoms with Crippen LogP contribution in [0.4, 0.5) is 0 Å². The van der Waals surface area contributed by atoms with Crippen molar-refractivity contribution in [2.45, 2.75) is 6.10 Å². The van der Waals surface area contributed by atoms with Crippen molar-refractivity contribution in [2.75, 3.05) is 0 Å². The number of carbonyl (C=O) groups is 1. The normalized spacial score (nSPS) is 12.9. The molecule has 1 aromatic carbocycles. The Morgan fingerprint density at radius 1 is 1.53 bits per heavy atom. The van der Waals surface area contributed by atoms with E-state index < -0.39 is 12.1 Å². The molecule has 0 amide bonds. The lowest BCUT2D eigenvalue weighted by Gasteiger charge is -2.04. The fourth-order valence-electron chi connectivity index (χ4n) is 1.31. The van der Waals surface area contributed by atoms with E-state index in [1.54, 1.807) is 6.07 Å². The van der Waals surface area contributed by atoms with Crippen molar-refractivity contribution in [3.63, 3.8) is 0 Å². The van der Waals surface area contributed by atoms with E-state index in [1.807, 2.05) is 0 Å². The minimum absolute atomic E-state index is 0.229. The van der Waals surface area contributed by atoms with Gasteiger partial charge in [0.05, 0.1) is 11.0 Å². The summed E-state index contributed by atoms with van der Waals surface area (Å²) in [6.45, 7) is 0. The maximum absolute atomic E-state index is 10.5. The number of halogens is 1. The van der Waals surface area contributed by atoms with E-state index in [1.165, 1.54) is 12.1 Å². The Labute approximate surface area is 89.3 Å². The lowest BCUT2D eigenvalue weighted by molar-refractivity contribution is -0.146. The highest BCUT2D eigenvalue weighted by Crippen LogP contribution is 2.20. The molecule has 5 nitrogen and oxygen atoms in total. The molecule has 0 saturated heterocycles. The number of imidazole rings is 1. The first-order valence-electron chi connectivity index (χ1n) is 4.14. The number of aromatic nitrogens is 2. The molecule has 6 heteroatoms. The third-order valence-corrected chi connectivity index (χ3v) is 2.21. The number of hydrogen-bond acceptors (Lipinski definition) is 3. The number of aliphatic hydroxyl groups is 1. The second kappa shape index (κ2) is 3.52. The largest absolute Gasteiger partial charge is 0.479 e. The van der Waals surface area contributed by atoms with Gasteiger partial charge < -0.3 is 15.2 Å². The molecule has 2 rings (SSSR count). The lowest BCUT2D eigenvalue weighted by atomic mass is 10.1. The van der Waals surface area contributed by atoms with Crippen LogP contribution < -0.4 is 0 Å². The zero-order valence-electron chi connectivity index (χ0n) is 7.44. The number of nitrogens with one attached hydrogen (secondary N) is 1. The third kappa shape index (κ3) is 1.79. The van der Waals surface area contributed by atoms with Crippen LogP contribution in [0, 0.1) is 0 Å². The number of rotatable bonds is 2. The monoisotopic (exact) mass is 226 g/mol. The fourth-order valence-corrected chi connectivity index (χ4v) is 1.50. The van der Waals surface area contributed by atoms with Gasteiger partial charge in [0.2, 0.25) is 5.28 Å². The number of fused-ring (bicyclic) bond motifs is 1. The second-order valence-corrected chi connectivity index (χ2v) is 3.40. The van der Waals surface area contributed by atoms with Gasteiger partial charge in [-0.15, -0.1) is 0 Å². The van der Waals surface area contributed by atoms with Crippen molar-refractivity contribution in [3.8, 4) is 0 Å². The summed E-state index contributed by atoms with van der Waals surface area (Å²) in [4.78, 5) is 17.2. The van der Waals surface area contributed by atoms with Crippen LogP contribution in [0.1, 0.15) is 11.7 Å². The molecule has 1 aromatic heterocycles. The smallest absolute Gasteiger partial charge is 0.337 e. The highest BCUT2D eigenvalue weighted by Gasteiger charge is 2.16. The zero-order chi connectivity index (χ0) is 11.0. The maximum Gasteiger partial charge on any atom is 0.337 e. The maximum atomic E-state index is 10.5. The molecular weight excluding hydrogens is 220 g/mol. The molecule has 0 aliphatic heterocycles. The molecule has 1 unspecified atom stereocenters. The fraction of sp³-hybridized carbons (Fsp3) is 0.111. The molecule has 0 bridgehead atoms. The Balaban J connectivity index is 2.50. The number of carboxylic acids is 1. The summed E-state index contributed by atoms with van der Waals surface area (Å²) in [5, 5.41) is 18.1. The van der Waals surface area contributed by atoms with Crippen LogP contribution in [0.2, 0.25) is 5.28 Å². The topological polar surface area (TPSA) is 86.2 Å². The Morgan fingerprint density at radius 3 is 2.93 bits per heavy atom. The number of aliphatic hydroxyl groups excluding tert-OH is 1. The number of benzene rings is 1. The molecule has 0 aliphatic carbocycles. The van der Waals surface area contributed by atoms with Gasteiger partial charge in [-0.2, -0.15) is 0 Å². The molecular formula is C9H7ClN2O3. The van der Waals surface area contributed by atoms with Crippen LogP contribution >= 0.6 is 11.6 Å². The Hall–Kier alpha value is -1.59. The summed E-state index contributed by atoms with van der Waals surface area (Å²) < 4.78 is 0. The number of aliphatic carboxylic acids is 1. The number of aromatic amines is 1. The van der Waals surface area contributed by atoms with Gasteiger partial charge in [0.15, 0.2) is 6.10 Å². The molecule has 1 atom stereocenters. The summed E-state index contributed by atoms with van der Waals surface area (Å²) in [6.07, 6.45) is -1.53. The van der Waals surface area contributed by atoms with Crippen molar-refractivity contribution in [1.29, 1.82) is 0 Å². The second-order valence-electron chi connectivity index (χ2n) is 3.04. The number of carboxylic acid groups (broad SMARTS) is 1. The van der Waals surface area contributed by atoms with E-state index in [2.05, 4.69) is 9.97 Å². The quantitative estimate of drug-likeness (QED) is 0.721. The van der Waals surface area contributed by atoms with Crippen LogP contribution in [-0.2, 0) is 4.79 Å². The lowest BCUT2D eigenvalue weighted by Crippen LogP contribution is -2.10. The van der Waals surface area contributed by atoms with Crippen molar-refractivity contribution in [2.24, 2.45) is 0 Å². The standard InChI is InChI=1S/C9H7ClN2O3/c10-9-11-5-2-1-4(3-6(5)12-9)7(13)8(14)15/h1-3,7,13H,(H,11,12)(H,14,15). The predicted molar refractivity (Wildman–Crippen MR) is 53.7 cm³/mol. The van der Waals surface area contributed by atoms with Crippen LogP contribution in [0.25, 0.3) is 11.0 Å². The Bertz CT molecular complexity index is 523. The number of nitrogens with zero attached hydrogens (tertiary/aromatic N) is 1. The highest BCUT2D eigenvalue weighted by atomic mass is 35.5. The Kier molecular flexibility index (Phi) is 2.34. The van der Waals surface area contributed by atoms with E-state index in [0.29, 0.717) is 11.0 Å². The molecule has 0 aliphatic rings. The Morgan fingerprint density at radius 2 is 2.27 bits per heavy atom. The van der Waals surface area contributed by atoms with Crippen molar-refractivity contribution < 1.29 is 15.0 Å². The molecule has 1 heterocycles. The van der Waals surface area contributed by atoms with Crippen LogP contribution in [0.5, 0.6) is 0 Å². The summed E-state index contributed by atoms with van der Waals surface area (Å²) in [5.74, 6) is -1.29. The molecule has 0 spiro atoms. The van der Waals surface area contributed by atoms with Crippen molar-refractivity contribution in [1.82, 2.24) is 9.97 Å². The molecule has 0 fully saturated rings. The summed E-state index contributed by atoms with van der Waals surface area (Å²) in [7, 11) is 0. The third-order valence-electron chi connectivity index (χ3n) is 2.03. The van der Waals surface area contributed by atoms with Crippen LogP contribution in [0.3, 0.4) is 0 Å². The first-order valence-corrected chi connectivity index (χ1v) is 4.52. The van der Waals surface area contributed by atoms with E-state index in [0.717, 1.165) is 0 Å². The van der Waals surface area contributed by atoms with Crippen LogP contribution in [-0.4, -0.2) is 26.2 Å². The van der Waals surface area contributed by atoms with Gasteiger partial charge in [-0.3, -0.25) is 0 Å². The molecule has 2 aromatic rings. The molecule has 0 radical (unpaired) electrons. The van der Waals surface area contributed by atoms with Gasteiger partial charge in [0.25, 0.3) is 0 Å². The van der Waals surface area contributed by atoms with Gasteiger partial charge in [-0.25, -0.2) is 9.78 Å². The van der Waals surface area contributed by atoms with E-state index in [9.17, 15) is 9.90 Å². The van der Waals surface area contributed by atoms with Crippen molar-refractivity contribution >= 4 is 28.6 Å². The SMILES string of the molecule is O=C(O)C(O)c1ccc2nc(Cl)[nH]c2c1. The first-order chi connectivity index (χ1) is 7.08. The number of H-pyrrole nitrogens is 1. The minimum atomic E-state index is -1.53. The highest BCUT2D eigenvalue weighted by molar-refractivity contribution is 6.29. The van der Waals surface area contributed by atoms with Crippen molar-refractivity contribution in [3.05, 3.63) is 29.0 Å². The minimum Gasteiger partial charge on any atom is -0.479 e. The average Bonchev–Trinajstić information content (AvgIpc) is 2.55. The summed E-state index contributed by atoms with van der Waals surface area (Å²) in [6, 6.07) is 4.60. The van der Waals surface area contributed by atoms with Gasteiger partial charge >= 0.3 is 5.97 Å².